The Labute approximate surface area is 182 Å². The van der Waals surface area contributed by atoms with Gasteiger partial charge in [-0.3, -0.25) is 4.79 Å². The van der Waals surface area contributed by atoms with Crippen molar-refractivity contribution in [3.8, 4) is 5.75 Å². The average Bonchev–Trinajstić information content (AvgIpc) is 2.79. The highest BCUT2D eigenvalue weighted by molar-refractivity contribution is 5.87. The smallest absolute Gasteiger partial charge is 0.232 e. The molecule has 31 heavy (non-hydrogen) atoms. The molecule has 0 unspecified atom stereocenters. The lowest BCUT2D eigenvalue weighted by Crippen LogP contribution is -2.37. The van der Waals surface area contributed by atoms with Crippen LogP contribution >= 0.6 is 0 Å². The van der Waals surface area contributed by atoms with Gasteiger partial charge in [-0.2, -0.15) is 0 Å². The second-order valence-electron chi connectivity index (χ2n) is 7.31. The van der Waals surface area contributed by atoms with Gasteiger partial charge in [-0.15, -0.1) is 0 Å². The van der Waals surface area contributed by atoms with Gasteiger partial charge in [0.1, 0.15) is 5.75 Å². The van der Waals surface area contributed by atoms with Crippen LogP contribution in [0.1, 0.15) is 48.4 Å². The Morgan fingerprint density at radius 2 is 1.39 bits per heavy atom. The van der Waals surface area contributed by atoms with Crippen molar-refractivity contribution in [3.63, 3.8) is 0 Å². The number of ether oxygens (including phenoxy) is 1. The highest BCUT2D eigenvalue weighted by atomic mass is 16.5. The molecule has 0 aliphatic rings. The number of aliphatic carboxylic acids is 1. The zero-order chi connectivity index (χ0) is 22.1. The molecule has 1 amide bonds. The third-order valence-electron chi connectivity index (χ3n) is 4.97. The van der Waals surface area contributed by atoms with Gasteiger partial charge >= 0.3 is 0 Å². The lowest BCUT2D eigenvalue weighted by Gasteiger charge is -2.24. The van der Waals surface area contributed by atoms with E-state index in [0.29, 0.717) is 17.9 Å². The summed E-state index contributed by atoms with van der Waals surface area (Å²) in [6.07, 6.45) is 0.572. The number of carboxylic acid groups (broad SMARTS) is 1. The monoisotopic (exact) mass is 416 g/mol. The maximum absolute atomic E-state index is 13.4. The van der Waals surface area contributed by atoms with Crippen LogP contribution in [0.5, 0.6) is 5.75 Å². The fourth-order valence-corrected chi connectivity index (χ4v) is 3.48. The van der Waals surface area contributed by atoms with Crippen LogP contribution in [0.3, 0.4) is 0 Å². The molecular formula is C26H26NO4-. The van der Waals surface area contributed by atoms with Crippen LogP contribution < -0.4 is 15.2 Å². The van der Waals surface area contributed by atoms with Crippen molar-refractivity contribution in [1.29, 1.82) is 0 Å². The van der Waals surface area contributed by atoms with Gasteiger partial charge in [-0.1, -0.05) is 79.7 Å². The number of rotatable bonds is 10. The Bertz CT molecular complexity index is 932. The highest BCUT2D eigenvalue weighted by Crippen LogP contribution is 2.27. The third kappa shape index (κ3) is 6.19. The fraction of sp³-hybridized carbons (Fsp3) is 0.231. The van der Waals surface area contributed by atoms with E-state index in [1.165, 1.54) is 0 Å². The summed E-state index contributed by atoms with van der Waals surface area (Å²) in [4.78, 5) is 24.8. The Balaban J connectivity index is 1.86. The molecule has 5 heteroatoms. The molecule has 3 aromatic rings. The summed E-state index contributed by atoms with van der Waals surface area (Å²) in [7, 11) is 0. The van der Waals surface area contributed by atoms with Crippen LogP contribution in [0.4, 0.5) is 0 Å². The molecule has 1 atom stereocenters. The molecule has 0 aromatic heterocycles. The van der Waals surface area contributed by atoms with Gasteiger partial charge < -0.3 is 20.0 Å². The second kappa shape index (κ2) is 11.0. The first-order valence-electron chi connectivity index (χ1n) is 10.4. The number of carbonyl (C=O) groups is 2. The largest absolute Gasteiger partial charge is 0.550 e. The molecule has 160 valence electrons. The minimum absolute atomic E-state index is 0.269. The van der Waals surface area contributed by atoms with Crippen molar-refractivity contribution in [2.45, 2.75) is 31.7 Å². The molecule has 3 aromatic carbocycles. The van der Waals surface area contributed by atoms with Gasteiger partial charge in [0.2, 0.25) is 5.91 Å². The highest BCUT2D eigenvalue weighted by Gasteiger charge is 2.25. The van der Waals surface area contributed by atoms with Gasteiger partial charge in [0.25, 0.3) is 0 Å². The summed E-state index contributed by atoms with van der Waals surface area (Å²) in [5, 5.41) is 14.3. The number of carboxylic acids is 1. The molecule has 0 bridgehead atoms. The zero-order valence-corrected chi connectivity index (χ0v) is 17.5. The van der Waals surface area contributed by atoms with Crippen LogP contribution in [0.2, 0.25) is 0 Å². The van der Waals surface area contributed by atoms with E-state index in [1.807, 2.05) is 67.6 Å². The van der Waals surface area contributed by atoms with Crippen LogP contribution in [-0.4, -0.2) is 18.5 Å². The van der Waals surface area contributed by atoms with Gasteiger partial charge in [-0.25, -0.2) is 0 Å². The molecule has 0 saturated carbocycles. The number of benzene rings is 3. The molecule has 0 radical (unpaired) electrons. The zero-order valence-electron chi connectivity index (χ0n) is 17.5. The summed E-state index contributed by atoms with van der Waals surface area (Å²) in [5.41, 5.74) is 2.35. The summed E-state index contributed by atoms with van der Waals surface area (Å²) < 4.78 is 5.59. The van der Waals surface area contributed by atoms with Crippen LogP contribution in [0, 0.1) is 0 Å². The second-order valence-corrected chi connectivity index (χ2v) is 7.31. The Kier molecular flexibility index (Phi) is 7.82. The van der Waals surface area contributed by atoms with E-state index in [9.17, 15) is 14.7 Å². The van der Waals surface area contributed by atoms with E-state index in [2.05, 4.69) is 5.32 Å². The molecule has 0 aliphatic heterocycles. The molecule has 0 aliphatic carbocycles. The van der Waals surface area contributed by atoms with Crippen molar-refractivity contribution < 1.29 is 19.4 Å². The van der Waals surface area contributed by atoms with Crippen molar-refractivity contribution in [2.24, 2.45) is 0 Å². The van der Waals surface area contributed by atoms with Crippen molar-refractivity contribution in [1.82, 2.24) is 5.32 Å². The molecule has 5 nitrogen and oxygen atoms in total. The van der Waals surface area contributed by atoms with E-state index in [0.717, 1.165) is 17.5 Å². The first-order valence-corrected chi connectivity index (χ1v) is 10.4. The maximum Gasteiger partial charge on any atom is 0.232 e. The SMILES string of the molecule is CCCOc1ccc([C@@H](CC(=O)[O-])NC(=O)C(c2ccccc2)c2ccccc2)cc1. The average molecular weight is 416 g/mol. The molecule has 3 rings (SSSR count). The number of hydrogen-bond acceptors (Lipinski definition) is 4. The number of amides is 1. The summed E-state index contributed by atoms with van der Waals surface area (Å²) in [6, 6.07) is 25.3. The lowest BCUT2D eigenvalue weighted by atomic mass is 9.90. The van der Waals surface area contributed by atoms with Crippen LogP contribution in [-0.2, 0) is 9.59 Å². The van der Waals surface area contributed by atoms with Crippen molar-refractivity contribution in [3.05, 3.63) is 102 Å². The third-order valence-corrected chi connectivity index (χ3v) is 4.97. The first kappa shape index (κ1) is 22.1. The standard InChI is InChI=1S/C26H27NO4/c1-2-17-31-22-15-13-19(14-16-22)23(18-24(28)29)27-26(30)25(20-9-5-3-6-10-20)21-11-7-4-8-12-21/h3-16,23,25H,2,17-18H2,1H3,(H,27,30)(H,28,29)/p-1/t23-/m1/s1. The molecule has 0 saturated heterocycles. The number of hydrogen-bond donors (Lipinski definition) is 1. The van der Waals surface area contributed by atoms with E-state index < -0.39 is 17.9 Å². The lowest BCUT2D eigenvalue weighted by molar-refractivity contribution is -0.306. The molecular weight excluding hydrogens is 390 g/mol. The van der Waals surface area contributed by atoms with Crippen molar-refractivity contribution >= 4 is 11.9 Å². The Hall–Kier alpha value is -3.60. The predicted octanol–water partition coefficient (Wildman–Crippen LogP) is 3.60. The predicted molar refractivity (Wildman–Crippen MR) is 117 cm³/mol. The Morgan fingerprint density at radius 1 is 0.839 bits per heavy atom. The van der Waals surface area contributed by atoms with E-state index in [1.54, 1.807) is 24.3 Å². The van der Waals surface area contributed by atoms with E-state index >= 15 is 0 Å². The Morgan fingerprint density at radius 3 is 1.87 bits per heavy atom. The van der Waals surface area contributed by atoms with Crippen molar-refractivity contribution in [2.75, 3.05) is 6.61 Å². The minimum Gasteiger partial charge on any atom is -0.550 e. The van der Waals surface area contributed by atoms with E-state index in [4.69, 9.17) is 4.74 Å². The van der Waals surface area contributed by atoms with Gasteiger partial charge in [0.05, 0.1) is 18.6 Å². The van der Waals surface area contributed by atoms with Crippen LogP contribution in [0.25, 0.3) is 0 Å². The summed E-state index contributed by atoms with van der Waals surface area (Å²) >= 11 is 0. The van der Waals surface area contributed by atoms with E-state index in [-0.39, 0.29) is 12.3 Å². The quantitative estimate of drug-likeness (QED) is 0.548. The van der Waals surface area contributed by atoms with Gasteiger partial charge in [0.15, 0.2) is 0 Å². The molecule has 0 spiro atoms. The topological polar surface area (TPSA) is 78.5 Å². The first-order chi connectivity index (χ1) is 15.1. The van der Waals surface area contributed by atoms with Gasteiger partial charge in [0, 0.05) is 12.4 Å². The fourth-order valence-electron chi connectivity index (χ4n) is 3.48. The normalized spacial score (nSPS) is 11.7. The minimum atomic E-state index is -1.23. The summed E-state index contributed by atoms with van der Waals surface area (Å²) in [5.74, 6) is -1.35. The van der Waals surface area contributed by atoms with Gasteiger partial charge in [-0.05, 0) is 35.2 Å². The molecule has 0 heterocycles. The molecule has 1 N–H and O–H groups in total. The number of carbonyl (C=O) groups excluding carboxylic acids is 2. The maximum atomic E-state index is 13.4. The molecule has 0 fully saturated rings. The number of nitrogens with one attached hydrogen (secondary N) is 1. The summed E-state index contributed by atoms with van der Waals surface area (Å²) in [6.45, 7) is 2.63. The van der Waals surface area contributed by atoms with Crippen LogP contribution in [0.15, 0.2) is 84.9 Å².